The second-order valence-electron chi connectivity index (χ2n) is 9.24. The van der Waals surface area contributed by atoms with Crippen LogP contribution in [0.15, 0.2) is 47.4 Å². The Morgan fingerprint density at radius 2 is 1.60 bits per heavy atom. The molecular formula is C23H22F7NO7S2. The zero-order valence-corrected chi connectivity index (χ0v) is 22.3. The highest BCUT2D eigenvalue weighted by atomic mass is 32.2. The van der Waals surface area contributed by atoms with Crippen LogP contribution in [0.1, 0.15) is 25.8 Å². The minimum Gasteiger partial charge on any atom is -0.486 e. The number of sulfone groups is 1. The summed E-state index contributed by atoms with van der Waals surface area (Å²) in [5, 5.41) is 0. The van der Waals surface area contributed by atoms with Gasteiger partial charge in [0.05, 0.1) is 29.3 Å². The second kappa shape index (κ2) is 10.7. The van der Waals surface area contributed by atoms with Gasteiger partial charge < -0.3 is 9.47 Å². The monoisotopic (exact) mass is 621 g/mol. The summed E-state index contributed by atoms with van der Waals surface area (Å²) in [6.07, 6.45) is -7.72. The first-order valence-corrected chi connectivity index (χ1v) is 14.4. The second-order valence-corrected chi connectivity index (χ2v) is 13.2. The van der Waals surface area contributed by atoms with Crippen molar-refractivity contribution < 1.29 is 61.8 Å². The molecule has 0 saturated carbocycles. The SMILES string of the molecule is CC(C)(OC(=O)Cc1ccc2c(c1)N(S(=O)(=O)c1ccc(F)cc1)C[C@H](CCS(=O)(=O)C(F)(F)F)O2)C(F)(F)F. The van der Waals surface area contributed by atoms with E-state index in [1.54, 1.807) is 0 Å². The van der Waals surface area contributed by atoms with E-state index in [0.29, 0.717) is 18.2 Å². The lowest BCUT2D eigenvalue weighted by Crippen LogP contribution is -2.44. The fourth-order valence-electron chi connectivity index (χ4n) is 3.53. The summed E-state index contributed by atoms with van der Waals surface area (Å²) < 4.78 is 152. The summed E-state index contributed by atoms with van der Waals surface area (Å²) in [5.74, 6) is -3.68. The Morgan fingerprint density at radius 1 is 1.00 bits per heavy atom. The highest BCUT2D eigenvalue weighted by molar-refractivity contribution is 7.93. The molecule has 0 spiro atoms. The number of hydrogen-bond donors (Lipinski definition) is 0. The van der Waals surface area contributed by atoms with Gasteiger partial charge in [-0.2, -0.15) is 26.3 Å². The number of ether oxygens (including phenoxy) is 2. The van der Waals surface area contributed by atoms with Crippen LogP contribution < -0.4 is 9.04 Å². The Labute approximate surface area is 224 Å². The third-order valence-corrected chi connectivity index (χ3v) is 9.09. The molecule has 1 aliphatic heterocycles. The number of hydrogen-bond acceptors (Lipinski definition) is 7. The smallest absolute Gasteiger partial charge is 0.486 e. The highest BCUT2D eigenvalue weighted by Crippen LogP contribution is 2.39. The molecule has 1 heterocycles. The summed E-state index contributed by atoms with van der Waals surface area (Å²) in [7, 11) is -10.1. The highest BCUT2D eigenvalue weighted by Gasteiger charge is 2.51. The van der Waals surface area contributed by atoms with Crippen LogP contribution in [0.3, 0.4) is 0 Å². The van der Waals surface area contributed by atoms with Gasteiger partial charge in [-0.05, 0) is 55.8 Å². The van der Waals surface area contributed by atoms with Crippen molar-refractivity contribution in [1.29, 1.82) is 0 Å². The number of carbonyl (C=O) groups excluding carboxylic acids is 1. The Kier molecular flexibility index (Phi) is 8.43. The van der Waals surface area contributed by atoms with Gasteiger partial charge in [-0.25, -0.2) is 21.2 Å². The summed E-state index contributed by atoms with van der Waals surface area (Å²) in [6.45, 7) is 0.610. The molecule has 3 rings (SSSR count). The molecular weight excluding hydrogens is 599 g/mol. The van der Waals surface area contributed by atoms with E-state index in [-0.39, 0.29) is 17.0 Å². The molecule has 0 unspecified atom stereocenters. The van der Waals surface area contributed by atoms with Crippen molar-refractivity contribution in [2.75, 3.05) is 16.6 Å². The van der Waals surface area contributed by atoms with Crippen LogP contribution in [0.2, 0.25) is 0 Å². The first-order valence-electron chi connectivity index (χ1n) is 11.3. The molecule has 17 heteroatoms. The number of anilines is 1. The number of carbonyl (C=O) groups is 1. The molecule has 0 radical (unpaired) electrons. The lowest BCUT2D eigenvalue weighted by Gasteiger charge is -2.36. The molecule has 1 atom stereocenters. The van der Waals surface area contributed by atoms with Gasteiger partial charge in [0.15, 0.2) is 0 Å². The van der Waals surface area contributed by atoms with Crippen molar-refractivity contribution in [3.8, 4) is 5.75 Å². The quantitative estimate of drug-likeness (QED) is 0.315. The molecule has 0 fully saturated rings. The van der Waals surface area contributed by atoms with E-state index in [2.05, 4.69) is 4.74 Å². The Hall–Kier alpha value is -3.08. The normalized spacial score (nSPS) is 16.7. The van der Waals surface area contributed by atoms with Crippen LogP contribution in [0.25, 0.3) is 0 Å². The molecule has 2 aromatic rings. The summed E-state index contributed by atoms with van der Waals surface area (Å²) in [5.41, 5.74) is -8.59. The van der Waals surface area contributed by atoms with E-state index in [0.717, 1.165) is 36.4 Å². The molecule has 2 aromatic carbocycles. The number of halogens is 7. The van der Waals surface area contributed by atoms with Crippen LogP contribution in [0.5, 0.6) is 5.75 Å². The fourth-order valence-corrected chi connectivity index (χ4v) is 5.83. The lowest BCUT2D eigenvalue weighted by molar-refractivity contribution is -0.257. The van der Waals surface area contributed by atoms with Crippen molar-refractivity contribution in [2.45, 2.75) is 55.0 Å². The molecule has 40 heavy (non-hydrogen) atoms. The molecule has 0 bridgehead atoms. The van der Waals surface area contributed by atoms with Crippen molar-refractivity contribution in [3.63, 3.8) is 0 Å². The molecule has 0 aliphatic carbocycles. The number of nitrogens with zero attached hydrogens (tertiary/aromatic N) is 1. The van der Waals surface area contributed by atoms with E-state index in [4.69, 9.17) is 4.74 Å². The van der Waals surface area contributed by atoms with Crippen LogP contribution in [-0.4, -0.2) is 58.5 Å². The molecule has 0 N–H and O–H groups in total. The molecule has 0 aromatic heterocycles. The molecule has 0 amide bonds. The minimum atomic E-state index is -5.55. The van der Waals surface area contributed by atoms with E-state index in [1.165, 1.54) is 6.07 Å². The average Bonchev–Trinajstić information content (AvgIpc) is 2.80. The van der Waals surface area contributed by atoms with Crippen LogP contribution in [-0.2, 0) is 35.8 Å². The van der Waals surface area contributed by atoms with E-state index in [1.807, 2.05) is 0 Å². The molecule has 222 valence electrons. The Balaban J connectivity index is 1.96. The molecule has 1 aliphatic rings. The van der Waals surface area contributed by atoms with Crippen LogP contribution in [0.4, 0.5) is 36.4 Å². The Bertz CT molecular complexity index is 1470. The maximum absolute atomic E-state index is 13.4. The number of sulfonamides is 1. The van der Waals surface area contributed by atoms with Crippen molar-refractivity contribution in [1.82, 2.24) is 0 Å². The first-order chi connectivity index (χ1) is 18.1. The van der Waals surface area contributed by atoms with Crippen LogP contribution in [0, 0.1) is 5.82 Å². The lowest BCUT2D eigenvalue weighted by atomic mass is 10.1. The molecule has 0 saturated heterocycles. The third-order valence-electron chi connectivity index (χ3n) is 5.82. The maximum atomic E-state index is 13.4. The number of fused-ring (bicyclic) bond motifs is 1. The number of esters is 1. The predicted octanol–water partition coefficient (Wildman–Crippen LogP) is 4.53. The number of alkyl halides is 6. The van der Waals surface area contributed by atoms with Crippen molar-refractivity contribution in [2.24, 2.45) is 0 Å². The first kappa shape index (κ1) is 31.4. The summed E-state index contributed by atoms with van der Waals surface area (Å²) >= 11 is 0. The zero-order valence-electron chi connectivity index (χ0n) is 20.7. The number of benzene rings is 2. The topological polar surface area (TPSA) is 107 Å². The van der Waals surface area contributed by atoms with Gasteiger partial charge in [0.1, 0.15) is 17.7 Å². The number of rotatable bonds is 8. The standard InChI is InChI=1S/C23H22F7NO7S2/c1-21(2,22(25,26)27)38-20(32)12-14-3-8-19-18(11-14)31(40(35,36)17-6-4-15(24)5-7-17)13-16(37-19)9-10-39(33,34)23(28,29)30/h3-8,11,16H,9-10,12-13H2,1-2H3/t16-/m0/s1. The zero-order chi connectivity index (χ0) is 30.3. The van der Waals surface area contributed by atoms with Gasteiger partial charge in [-0.1, -0.05) is 6.07 Å². The van der Waals surface area contributed by atoms with Gasteiger partial charge in [-0.3, -0.25) is 9.10 Å². The van der Waals surface area contributed by atoms with E-state index >= 15 is 0 Å². The van der Waals surface area contributed by atoms with Gasteiger partial charge in [-0.15, -0.1) is 0 Å². The maximum Gasteiger partial charge on any atom is 0.497 e. The van der Waals surface area contributed by atoms with Gasteiger partial charge in [0.25, 0.3) is 10.0 Å². The predicted molar refractivity (Wildman–Crippen MR) is 126 cm³/mol. The Morgan fingerprint density at radius 3 is 2.15 bits per heavy atom. The van der Waals surface area contributed by atoms with Crippen molar-refractivity contribution >= 4 is 31.5 Å². The molecule has 8 nitrogen and oxygen atoms in total. The average molecular weight is 622 g/mol. The van der Waals surface area contributed by atoms with Gasteiger partial charge in [0.2, 0.25) is 15.4 Å². The van der Waals surface area contributed by atoms with Crippen LogP contribution >= 0.6 is 0 Å². The largest absolute Gasteiger partial charge is 0.497 e. The third kappa shape index (κ3) is 6.79. The van der Waals surface area contributed by atoms with Gasteiger partial charge in [0, 0.05) is 6.42 Å². The van der Waals surface area contributed by atoms with Crippen molar-refractivity contribution in [3.05, 3.63) is 53.8 Å². The minimum absolute atomic E-state index is 0.00253. The summed E-state index contributed by atoms with van der Waals surface area (Å²) in [6, 6.07) is 6.95. The van der Waals surface area contributed by atoms with E-state index in [9.17, 15) is 52.4 Å². The fraction of sp³-hybridized carbons (Fsp3) is 0.435. The van der Waals surface area contributed by atoms with Gasteiger partial charge >= 0.3 is 17.7 Å². The summed E-state index contributed by atoms with van der Waals surface area (Å²) in [4.78, 5) is 11.8. The van der Waals surface area contributed by atoms with E-state index < -0.39 is 85.1 Å².